The van der Waals surface area contributed by atoms with Gasteiger partial charge in [-0.1, -0.05) is 6.58 Å². The van der Waals surface area contributed by atoms with Crippen LogP contribution in [-0.2, 0) is 7.05 Å². The van der Waals surface area contributed by atoms with Crippen molar-refractivity contribution < 1.29 is 0 Å². The molecular weight excluding hydrogens is 341 g/mol. The summed E-state index contributed by atoms with van der Waals surface area (Å²) in [6, 6.07) is 1.90. The average Bonchev–Trinajstić information content (AvgIpc) is 2.75. The van der Waals surface area contributed by atoms with E-state index in [9.17, 15) is 0 Å². The molecule has 1 aromatic rings. The van der Waals surface area contributed by atoms with E-state index in [1.165, 1.54) is 0 Å². The highest BCUT2D eigenvalue weighted by Gasteiger charge is 2.05. The molecule has 0 aliphatic heterocycles. The van der Waals surface area contributed by atoms with Crippen molar-refractivity contribution in [3.05, 3.63) is 33.9 Å². The number of hydrogen-bond donors (Lipinski definition) is 3. The van der Waals surface area contributed by atoms with Crippen LogP contribution in [-0.4, -0.2) is 22.9 Å². The predicted octanol–water partition coefficient (Wildman–Crippen LogP) is 1.54. The van der Waals surface area contributed by atoms with E-state index in [-0.39, 0.29) is 0 Å². The minimum Gasteiger partial charge on any atom is -0.395 e. The van der Waals surface area contributed by atoms with Crippen LogP contribution in [0.3, 0.4) is 0 Å². The highest BCUT2D eigenvalue weighted by Crippen LogP contribution is 2.14. The lowest BCUT2D eigenvalue weighted by molar-refractivity contribution is 0.740. The largest absolute Gasteiger partial charge is 0.395 e. The quantitative estimate of drug-likeness (QED) is 0.509. The number of halogens is 1. The van der Waals surface area contributed by atoms with Gasteiger partial charge in [0.2, 0.25) is 0 Å². The molecule has 0 aliphatic carbocycles. The van der Waals surface area contributed by atoms with Gasteiger partial charge in [-0.3, -0.25) is 4.68 Å². The second-order valence-corrected chi connectivity index (χ2v) is 4.99. The standard InChI is InChI=1S/C12H20IN5/c1-4-15-9(2)5-7-16-12(13)11(14)10-6-8-18(3)17-10/h6,8,15-16H,2,4-5,7,14H2,1,3H3/b12-11+. The summed E-state index contributed by atoms with van der Waals surface area (Å²) < 4.78 is 2.65. The zero-order valence-corrected chi connectivity index (χ0v) is 13.0. The number of rotatable bonds is 7. The van der Waals surface area contributed by atoms with Crippen LogP contribution in [0, 0.1) is 0 Å². The zero-order valence-electron chi connectivity index (χ0n) is 10.8. The van der Waals surface area contributed by atoms with Gasteiger partial charge < -0.3 is 16.4 Å². The fourth-order valence-corrected chi connectivity index (χ4v) is 1.97. The molecule has 0 aliphatic rings. The Morgan fingerprint density at radius 2 is 2.28 bits per heavy atom. The maximum atomic E-state index is 6.02. The lowest BCUT2D eigenvalue weighted by Crippen LogP contribution is -2.19. The molecule has 0 fully saturated rings. The zero-order chi connectivity index (χ0) is 13.5. The van der Waals surface area contributed by atoms with Crippen molar-refractivity contribution in [2.45, 2.75) is 13.3 Å². The Morgan fingerprint density at radius 3 is 2.83 bits per heavy atom. The summed E-state index contributed by atoms with van der Waals surface area (Å²) in [5.74, 6) is 0. The molecule has 0 aromatic carbocycles. The van der Waals surface area contributed by atoms with E-state index >= 15 is 0 Å². The van der Waals surface area contributed by atoms with Crippen LogP contribution >= 0.6 is 22.6 Å². The van der Waals surface area contributed by atoms with Crippen LogP contribution in [0.5, 0.6) is 0 Å². The highest BCUT2D eigenvalue weighted by molar-refractivity contribution is 14.1. The van der Waals surface area contributed by atoms with Crippen LogP contribution in [0.15, 0.2) is 28.2 Å². The summed E-state index contributed by atoms with van der Waals surface area (Å²) in [5, 5.41) is 10.7. The minimum absolute atomic E-state index is 0.672. The van der Waals surface area contributed by atoms with Crippen LogP contribution in [0.4, 0.5) is 0 Å². The van der Waals surface area contributed by atoms with Gasteiger partial charge in [0.1, 0.15) is 5.69 Å². The van der Waals surface area contributed by atoms with Crippen molar-refractivity contribution in [1.82, 2.24) is 20.4 Å². The molecule has 0 amide bonds. The second kappa shape index (κ2) is 7.30. The SMILES string of the molecule is C=C(CCN/C(I)=C(/N)c1ccn(C)n1)NCC. The van der Waals surface area contributed by atoms with E-state index in [2.05, 4.69) is 51.8 Å². The van der Waals surface area contributed by atoms with E-state index in [4.69, 9.17) is 5.73 Å². The molecule has 18 heavy (non-hydrogen) atoms. The fourth-order valence-electron chi connectivity index (χ4n) is 1.43. The third-order valence-corrected chi connectivity index (χ3v) is 3.32. The molecule has 0 saturated carbocycles. The summed E-state index contributed by atoms with van der Waals surface area (Å²) in [5.41, 5.74) is 8.52. The normalized spacial score (nSPS) is 11.9. The Bertz CT molecular complexity index is 435. The molecule has 6 heteroatoms. The summed E-state index contributed by atoms with van der Waals surface area (Å²) in [4.78, 5) is 0. The lowest BCUT2D eigenvalue weighted by atomic mass is 10.3. The molecule has 0 spiro atoms. The van der Waals surface area contributed by atoms with E-state index in [1.807, 2.05) is 19.3 Å². The number of hydrogen-bond acceptors (Lipinski definition) is 4. The summed E-state index contributed by atoms with van der Waals surface area (Å²) >= 11 is 2.19. The summed E-state index contributed by atoms with van der Waals surface area (Å²) in [6.45, 7) is 7.70. The maximum Gasteiger partial charge on any atom is 0.111 e. The molecule has 0 atom stereocenters. The van der Waals surface area contributed by atoms with Gasteiger partial charge in [-0.25, -0.2) is 0 Å². The molecule has 1 heterocycles. The van der Waals surface area contributed by atoms with E-state index < -0.39 is 0 Å². The maximum absolute atomic E-state index is 6.02. The number of aromatic nitrogens is 2. The number of nitrogens with two attached hydrogens (primary N) is 1. The van der Waals surface area contributed by atoms with Gasteiger partial charge in [-0.2, -0.15) is 5.10 Å². The molecule has 5 nitrogen and oxygen atoms in total. The summed E-state index contributed by atoms with van der Waals surface area (Å²) in [7, 11) is 1.87. The van der Waals surface area contributed by atoms with Gasteiger partial charge in [0, 0.05) is 38.5 Å². The van der Waals surface area contributed by atoms with Crippen LogP contribution in [0.25, 0.3) is 5.70 Å². The molecule has 0 unspecified atom stereocenters. The van der Waals surface area contributed by atoms with Crippen molar-refractivity contribution in [3.8, 4) is 0 Å². The van der Waals surface area contributed by atoms with Crippen molar-refractivity contribution in [3.63, 3.8) is 0 Å². The average molecular weight is 361 g/mol. The Kier molecular flexibility index (Phi) is 6.03. The molecule has 0 radical (unpaired) electrons. The molecule has 0 bridgehead atoms. The smallest absolute Gasteiger partial charge is 0.111 e. The molecule has 100 valence electrons. The van der Waals surface area contributed by atoms with Gasteiger partial charge in [-0.05, 0) is 35.6 Å². The van der Waals surface area contributed by atoms with Gasteiger partial charge in [-0.15, -0.1) is 0 Å². The molecule has 1 aromatic heterocycles. The van der Waals surface area contributed by atoms with Gasteiger partial charge in [0.05, 0.1) is 9.40 Å². The van der Waals surface area contributed by atoms with Crippen LogP contribution in [0.2, 0.25) is 0 Å². The predicted molar refractivity (Wildman–Crippen MR) is 83.8 cm³/mol. The highest BCUT2D eigenvalue weighted by atomic mass is 127. The molecular formula is C12H20IN5. The first-order valence-corrected chi connectivity index (χ1v) is 6.93. The Morgan fingerprint density at radius 1 is 1.56 bits per heavy atom. The van der Waals surface area contributed by atoms with Crippen LogP contribution < -0.4 is 16.4 Å². The van der Waals surface area contributed by atoms with Gasteiger partial charge >= 0.3 is 0 Å². The topological polar surface area (TPSA) is 67.9 Å². The second-order valence-electron chi connectivity index (χ2n) is 3.91. The number of nitrogens with one attached hydrogen (secondary N) is 2. The van der Waals surface area contributed by atoms with Gasteiger partial charge in [0.25, 0.3) is 0 Å². The first kappa shape index (κ1) is 14.9. The number of nitrogens with zero attached hydrogens (tertiary/aromatic N) is 2. The number of aryl methyl sites for hydroxylation is 1. The van der Waals surface area contributed by atoms with Crippen LogP contribution in [0.1, 0.15) is 19.0 Å². The van der Waals surface area contributed by atoms with Crippen molar-refractivity contribution in [2.24, 2.45) is 12.8 Å². The monoisotopic (exact) mass is 361 g/mol. The van der Waals surface area contributed by atoms with E-state index in [0.717, 1.165) is 34.6 Å². The fraction of sp³-hybridized carbons (Fsp3) is 0.417. The molecule has 1 rings (SSSR count). The van der Waals surface area contributed by atoms with E-state index in [1.54, 1.807) is 4.68 Å². The summed E-state index contributed by atoms with van der Waals surface area (Å²) in [6.07, 6.45) is 2.75. The minimum atomic E-state index is 0.672. The Labute approximate surface area is 122 Å². The van der Waals surface area contributed by atoms with Crippen molar-refractivity contribution >= 4 is 28.3 Å². The Hall–Kier alpha value is -1.18. The first-order valence-electron chi connectivity index (χ1n) is 5.85. The van der Waals surface area contributed by atoms with Gasteiger partial charge in [0.15, 0.2) is 0 Å². The van der Waals surface area contributed by atoms with Crippen molar-refractivity contribution in [1.29, 1.82) is 0 Å². The van der Waals surface area contributed by atoms with Crippen molar-refractivity contribution in [2.75, 3.05) is 13.1 Å². The first-order chi connectivity index (χ1) is 8.54. The molecule has 0 saturated heterocycles. The third kappa shape index (κ3) is 4.59. The van der Waals surface area contributed by atoms with E-state index in [0.29, 0.717) is 5.70 Å². The lowest BCUT2D eigenvalue weighted by Gasteiger charge is -2.10. The Balaban J connectivity index is 2.48. The third-order valence-electron chi connectivity index (χ3n) is 2.36. The molecule has 4 N–H and O–H groups in total.